The number of para-hydroxylation sites is 1. The predicted octanol–water partition coefficient (Wildman–Crippen LogP) is 2.62. The van der Waals surface area contributed by atoms with Gasteiger partial charge in [0.25, 0.3) is 0 Å². The van der Waals surface area contributed by atoms with Crippen molar-refractivity contribution < 1.29 is 0 Å². The van der Waals surface area contributed by atoms with Gasteiger partial charge in [-0.25, -0.2) is 0 Å². The van der Waals surface area contributed by atoms with E-state index in [1.807, 2.05) is 24.3 Å². The molecule has 1 heterocycles. The average molecular weight is 302 g/mol. The molecule has 0 unspecified atom stereocenters. The normalized spacial score (nSPS) is 11.9. The summed E-state index contributed by atoms with van der Waals surface area (Å²) in [5.41, 5.74) is 8.54. The Balaban J connectivity index is 2.45. The van der Waals surface area contributed by atoms with Crippen LogP contribution in [0.25, 0.3) is 10.9 Å². The lowest BCUT2D eigenvalue weighted by Crippen LogP contribution is -2.44. The van der Waals surface area contributed by atoms with Crippen LogP contribution in [0.4, 0.5) is 5.69 Å². The third-order valence-electron chi connectivity index (χ3n) is 3.95. The smallest absolute Gasteiger partial charge is 0.107 e. The lowest BCUT2D eigenvalue weighted by Gasteiger charge is -2.33. The number of thiocarbonyl (C=S) groups is 1. The van der Waals surface area contributed by atoms with Crippen molar-refractivity contribution >= 4 is 33.8 Å². The summed E-state index contributed by atoms with van der Waals surface area (Å²) < 4.78 is 0. The first-order valence-corrected chi connectivity index (χ1v) is 7.32. The molecule has 2 aromatic rings. The standard InChI is InChI=1S/C16H22N4S/c1-16(2,20(3)4)10-19-14-11-7-5-6-8-13(11)18-9-12(14)15(17)21/h5-9H,10H2,1-4H3,(H2,17,21)(H,18,19). The fourth-order valence-electron chi connectivity index (χ4n) is 1.98. The van der Waals surface area contributed by atoms with Crippen molar-refractivity contribution in [2.45, 2.75) is 19.4 Å². The maximum Gasteiger partial charge on any atom is 0.107 e. The van der Waals surface area contributed by atoms with Gasteiger partial charge < -0.3 is 16.0 Å². The number of aromatic nitrogens is 1. The minimum absolute atomic E-state index is 0.0118. The average Bonchev–Trinajstić information content (AvgIpc) is 2.44. The van der Waals surface area contributed by atoms with Crippen LogP contribution in [0.1, 0.15) is 19.4 Å². The van der Waals surface area contributed by atoms with Crippen LogP contribution in [-0.4, -0.2) is 41.1 Å². The number of nitrogens with one attached hydrogen (secondary N) is 1. The maximum atomic E-state index is 5.85. The Morgan fingerprint density at radius 1 is 1.33 bits per heavy atom. The number of benzene rings is 1. The zero-order valence-electron chi connectivity index (χ0n) is 13.0. The second-order valence-electron chi connectivity index (χ2n) is 5.99. The summed E-state index contributed by atoms with van der Waals surface area (Å²) in [4.78, 5) is 6.97. The SMILES string of the molecule is CN(C)C(C)(C)CNc1c(C(N)=S)cnc2ccccc12. The number of nitrogens with zero attached hydrogens (tertiary/aromatic N) is 2. The van der Waals surface area contributed by atoms with Gasteiger partial charge in [0.15, 0.2) is 0 Å². The number of hydrogen-bond donors (Lipinski definition) is 2. The molecule has 0 aliphatic carbocycles. The molecule has 4 nitrogen and oxygen atoms in total. The van der Waals surface area contributed by atoms with Gasteiger partial charge in [-0.15, -0.1) is 0 Å². The van der Waals surface area contributed by atoms with Crippen LogP contribution < -0.4 is 11.1 Å². The maximum absolute atomic E-state index is 5.85. The van der Waals surface area contributed by atoms with Crippen LogP contribution in [-0.2, 0) is 0 Å². The molecule has 0 spiro atoms. The largest absolute Gasteiger partial charge is 0.389 e. The highest BCUT2D eigenvalue weighted by molar-refractivity contribution is 7.80. The minimum Gasteiger partial charge on any atom is -0.389 e. The molecule has 0 bridgehead atoms. The Hall–Kier alpha value is -1.72. The molecule has 0 radical (unpaired) electrons. The summed E-state index contributed by atoms with van der Waals surface area (Å²) >= 11 is 5.16. The summed E-state index contributed by atoms with van der Waals surface area (Å²) in [6.45, 7) is 5.15. The van der Waals surface area contributed by atoms with Gasteiger partial charge in [0.2, 0.25) is 0 Å². The molecule has 21 heavy (non-hydrogen) atoms. The summed E-state index contributed by atoms with van der Waals surface area (Å²) in [6.07, 6.45) is 1.75. The van der Waals surface area contributed by atoms with Gasteiger partial charge in [-0.2, -0.15) is 0 Å². The Morgan fingerprint density at radius 2 is 2.00 bits per heavy atom. The fourth-order valence-corrected chi connectivity index (χ4v) is 2.14. The molecule has 0 aliphatic rings. The van der Waals surface area contributed by atoms with Crippen molar-refractivity contribution in [3.8, 4) is 0 Å². The second-order valence-corrected chi connectivity index (χ2v) is 6.43. The molecule has 0 amide bonds. The van der Waals surface area contributed by atoms with Crippen LogP contribution in [0.5, 0.6) is 0 Å². The van der Waals surface area contributed by atoms with Crippen molar-refractivity contribution in [3.63, 3.8) is 0 Å². The highest BCUT2D eigenvalue weighted by Gasteiger charge is 2.21. The van der Waals surface area contributed by atoms with E-state index in [2.05, 4.69) is 43.1 Å². The van der Waals surface area contributed by atoms with E-state index < -0.39 is 0 Å². The third-order valence-corrected chi connectivity index (χ3v) is 4.17. The second kappa shape index (κ2) is 5.95. The van der Waals surface area contributed by atoms with E-state index in [1.54, 1.807) is 6.20 Å². The number of nitrogens with two attached hydrogens (primary N) is 1. The molecule has 0 atom stereocenters. The molecular formula is C16H22N4S. The third kappa shape index (κ3) is 3.31. The minimum atomic E-state index is 0.0118. The van der Waals surface area contributed by atoms with E-state index in [4.69, 9.17) is 18.0 Å². The van der Waals surface area contributed by atoms with E-state index in [-0.39, 0.29) is 5.54 Å². The molecule has 1 aromatic heterocycles. The van der Waals surface area contributed by atoms with Crippen molar-refractivity contribution in [1.82, 2.24) is 9.88 Å². The molecule has 5 heteroatoms. The van der Waals surface area contributed by atoms with Gasteiger partial charge in [0, 0.05) is 23.7 Å². The zero-order valence-corrected chi connectivity index (χ0v) is 13.8. The van der Waals surface area contributed by atoms with E-state index in [1.165, 1.54) is 0 Å². The van der Waals surface area contributed by atoms with Crippen LogP contribution >= 0.6 is 12.2 Å². The van der Waals surface area contributed by atoms with Crippen LogP contribution in [0.3, 0.4) is 0 Å². The van der Waals surface area contributed by atoms with Gasteiger partial charge in [0.05, 0.1) is 16.8 Å². The number of fused-ring (bicyclic) bond motifs is 1. The van der Waals surface area contributed by atoms with Gasteiger partial charge in [-0.3, -0.25) is 4.98 Å². The monoisotopic (exact) mass is 302 g/mol. The van der Waals surface area contributed by atoms with Crippen molar-refractivity contribution in [3.05, 3.63) is 36.0 Å². The Kier molecular flexibility index (Phi) is 4.44. The van der Waals surface area contributed by atoms with Gasteiger partial charge >= 0.3 is 0 Å². The van der Waals surface area contributed by atoms with E-state index in [9.17, 15) is 0 Å². The molecule has 3 N–H and O–H groups in total. The first kappa shape index (κ1) is 15.7. The van der Waals surface area contributed by atoms with Crippen LogP contribution in [0, 0.1) is 0 Å². The van der Waals surface area contributed by atoms with Gasteiger partial charge in [-0.05, 0) is 34.0 Å². The van der Waals surface area contributed by atoms with Crippen molar-refractivity contribution in [2.75, 3.05) is 26.0 Å². The molecule has 0 aliphatic heterocycles. The Labute approximate surface area is 131 Å². The summed E-state index contributed by atoms with van der Waals surface area (Å²) in [7, 11) is 4.14. The van der Waals surface area contributed by atoms with Crippen molar-refractivity contribution in [1.29, 1.82) is 0 Å². The van der Waals surface area contributed by atoms with Gasteiger partial charge in [0.1, 0.15) is 4.99 Å². The lowest BCUT2D eigenvalue weighted by atomic mass is 10.0. The van der Waals surface area contributed by atoms with Gasteiger partial charge in [-0.1, -0.05) is 30.4 Å². The van der Waals surface area contributed by atoms with Crippen LogP contribution in [0.2, 0.25) is 0 Å². The number of pyridine rings is 1. The summed E-state index contributed by atoms with van der Waals surface area (Å²) in [5.74, 6) is 0. The van der Waals surface area contributed by atoms with Crippen molar-refractivity contribution in [2.24, 2.45) is 5.73 Å². The molecule has 112 valence electrons. The zero-order chi connectivity index (χ0) is 15.6. The predicted molar refractivity (Wildman–Crippen MR) is 93.9 cm³/mol. The highest BCUT2D eigenvalue weighted by Crippen LogP contribution is 2.26. The fraction of sp³-hybridized carbons (Fsp3) is 0.375. The molecule has 2 rings (SSSR count). The first-order valence-electron chi connectivity index (χ1n) is 6.92. The summed E-state index contributed by atoms with van der Waals surface area (Å²) in [6, 6.07) is 8.00. The quantitative estimate of drug-likeness (QED) is 0.832. The molecule has 0 fully saturated rings. The molecular weight excluding hydrogens is 280 g/mol. The first-order chi connectivity index (χ1) is 9.83. The number of anilines is 1. The molecule has 1 aromatic carbocycles. The number of rotatable bonds is 5. The summed E-state index contributed by atoms with van der Waals surface area (Å²) in [5, 5.41) is 4.55. The number of hydrogen-bond acceptors (Lipinski definition) is 4. The van der Waals surface area contributed by atoms with Crippen LogP contribution in [0.15, 0.2) is 30.5 Å². The number of likely N-dealkylation sites (N-methyl/N-ethyl adjacent to an activating group) is 1. The lowest BCUT2D eigenvalue weighted by molar-refractivity contribution is 0.210. The van der Waals surface area contributed by atoms with E-state index >= 15 is 0 Å². The molecule has 0 saturated heterocycles. The topological polar surface area (TPSA) is 54.2 Å². The highest BCUT2D eigenvalue weighted by atomic mass is 32.1. The Bertz CT molecular complexity index is 664. The van der Waals surface area contributed by atoms with E-state index in [0.717, 1.165) is 28.7 Å². The Morgan fingerprint density at radius 3 is 2.62 bits per heavy atom. The van der Waals surface area contributed by atoms with E-state index in [0.29, 0.717) is 4.99 Å². The molecule has 0 saturated carbocycles.